The summed E-state index contributed by atoms with van der Waals surface area (Å²) < 4.78 is 4.98. The number of carboxylic acid groups (broad SMARTS) is 1. The standard InChI is InChI=1S/C14H12O4S/c1-18-10-5-4-9(12(15)8-10)7-11(14(16)17)13-3-2-6-19-13/h2-8,15H,1H3,(H,16,17)/b11-7-. The first-order valence-corrected chi connectivity index (χ1v) is 6.35. The Labute approximate surface area is 114 Å². The van der Waals surface area contributed by atoms with Gasteiger partial charge in [0.1, 0.15) is 11.5 Å². The van der Waals surface area contributed by atoms with Crippen LogP contribution in [-0.2, 0) is 4.79 Å². The maximum Gasteiger partial charge on any atom is 0.337 e. The molecule has 2 rings (SSSR count). The van der Waals surface area contributed by atoms with Crippen LogP contribution in [0.2, 0.25) is 0 Å². The van der Waals surface area contributed by atoms with Crippen LogP contribution in [0.5, 0.6) is 11.5 Å². The molecule has 0 unspecified atom stereocenters. The first kappa shape index (κ1) is 13.2. The van der Waals surface area contributed by atoms with Crippen molar-refractivity contribution in [1.82, 2.24) is 0 Å². The lowest BCUT2D eigenvalue weighted by atomic mass is 10.1. The minimum Gasteiger partial charge on any atom is -0.507 e. The summed E-state index contributed by atoms with van der Waals surface area (Å²) >= 11 is 1.34. The summed E-state index contributed by atoms with van der Waals surface area (Å²) in [5.41, 5.74) is 0.585. The lowest BCUT2D eigenvalue weighted by molar-refractivity contribution is -0.130. The highest BCUT2D eigenvalue weighted by Crippen LogP contribution is 2.29. The third-order valence-electron chi connectivity index (χ3n) is 2.55. The van der Waals surface area contributed by atoms with Crippen LogP contribution in [0.4, 0.5) is 0 Å². The van der Waals surface area contributed by atoms with E-state index in [-0.39, 0.29) is 11.3 Å². The number of phenolic OH excluding ortho intramolecular Hbond substituents is 1. The number of aromatic hydroxyl groups is 1. The van der Waals surface area contributed by atoms with Crippen molar-refractivity contribution in [2.24, 2.45) is 0 Å². The zero-order chi connectivity index (χ0) is 13.8. The van der Waals surface area contributed by atoms with Crippen LogP contribution < -0.4 is 4.74 Å². The van der Waals surface area contributed by atoms with Crippen molar-refractivity contribution >= 4 is 29.0 Å². The lowest BCUT2D eigenvalue weighted by Gasteiger charge is -2.05. The van der Waals surface area contributed by atoms with Crippen molar-refractivity contribution in [2.45, 2.75) is 0 Å². The average Bonchev–Trinajstić information content (AvgIpc) is 2.90. The molecule has 5 heteroatoms. The molecular formula is C14H12O4S. The molecule has 0 amide bonds. The van der Waals surface area contributed by atoms with E-state index in [1.54, 1.807) is 29.6 Å². The quantitative estimate of drug-likeness (QED) is 0.842. The summed E-state index contributed by atoms with van der Waals surface area (Å²) in [5.74, 6) is -0.532. The van der Waals surface area contributed by atoms with Crippen molar-refractivity contribution in [3.8, 4) is 11.5 Å². The third kappa shape index (κ3) is 2.95. The van der Waals surface area contributed by atoms with E-state index in [9.17, 15) is 15.0 Å². The maximum absolute atomic E-state index is 11.3. The van der Waals surface area contributed by atoms with E-state index in [0.717, 1.165) is 0 Å². The largest absolute Gasteiger partial charge is 0.507 e. The molecular weight excluding hydrogens is 264 g/mol. The van der Waals surface area contributed by atoms with Crippen LogP contribution >= 0.6 is 11.3 Å². The number of aliphatic carboxylic acids is 1. The molecule has 0 aliphatic heterocycles. The van der Waals surface area contributed by atoms with Crippen molar-refractivity contribution in [3.05, 3.63) is 46.2 Å². The third-order valence-corrected chi connectivity index (χ3v) is 3.46. The van der Waals surface area contributed by atoms with E-state index in [2.05, 4.69) is 0 Å². The van der Waals surface area contributed by atoms with Gasteiger partial charge in [0.15, 0.2) is 0 Å². The Morgan fingerprint density at radius 2 is 2.16 bits per heavy atom. The second-order valence-electron chi connectivity index (χ2n) is 3.77. The smallest absolute Gasteiger partial charge is 0.337 e. The van der Waals surface area contributed by atoms with Crippen LogP contribution in [0, 0.1) is 0 Å². The first-order valence-electron chi connectivity index (χ1n) is 5.47. The van der Waals surface area contributed by atoms with Gasteiger partial charge in [0.05, 0.1) is 12.7 Å². The number of ether oxygens (including phenoxy) is 1. The summed E-state index contributed by atoms with van der Waals surface area (Å²) in [5, 5.41) is 20.9. The van der Waals surface area contributed by atoms with E-state index >= 15 is 0 Å². The Bertz CT molecular complexity index is 614. The Morgan fingerprint density at radius 1 is 1.37 bits per heavy atom. The molecule has 0 bridgehead atoms. The molecule has 2 N–H and O–H groups in total. The fourth-order valence-corrected chi connectivity index (χ4v) is 2.33. The van der Waals surface area contributed by atoms with Crippen LogP contribution in [0.25, 0.3) is 11.6 Å². The summed E-state index contributed by atoms with van der Waals surface area (Å²) in [7, 11) is 1.50. The molecule has 0 atom stereocenters. The van der Waals surface area contributed by atoms with E-state index in [1.807, 2.05) is 0 Å². The number of thiophene rings is 1. The molecule has 19 heavy (non-hydrogen) atoms. The second-order valence-corrected chi connectivity index (χ2v) is 4.71. The van der Waals surface area contributed by atoms with Crippen LogP contribution in [0.1, 0.15) is 10.4 Å². The average molecular weight is 276 g/mol. The Morgan fingerprint density at radius 3 is 2.68 bits per heavy atom. The number of carbonyl (C=O) groups is 1. The van der Waals surface area contributed by atoms with Gasteiger partial charge in [0.25, 0.3) is 0 Å². The molecule has 1 aromatic carbocycles. The minimum atomic E-state index is -1.03. The van der Waals surface area contributed by atoms with E-state index in [0.29, 0.717) is 16.2 Å². The van der Waals surface area contributed by atoms with Gasteiger partial charge in [-0.25, -0.2) is 4.79 Å². The van der Waals surface area contributed by atoms with Crippen molar-refractivity contribution in [1.29, 1.82) is 0 Å². The number of methoxy groups -OCH3 is 1. The fourth-order valence-electron chi connectivity index (χ4n) is 1.60. The Hall–Kier alpha value is -2.27. The monoisotopic (exact) mass is 276 g/mol. The van der Waals surface area contributed by atoms with Crippen LogP contribution in [0.3, 0.4) is 0 Å². The van der Waals surface area contributed by atoms with Crippen molar-refractivity contribution < 1.29 is 19.7 Å². The van der Waals surface area contributed by atoms with Crippen LogP contribution in [0.15, 0.2) is 35.7 Å². The molecule has 0 saturated carbocycles. The SMILES string of the molecule is COc1ccc(/C=C(\C(=O)O)c2cccs2)c(O)c1. The lowest BCUT2D eigenvalue weighted by Crippen LogP contribution is -1.97. The highest BCUT2D eigenvalue weighted by atomic mass is 32.1. The van der Waals surface area contributed by atoms with Crippen LogP contribution in [-0.4, -0.2) is 23.3 Å². The molecule has 4 nitrogen and oxygen atoms in total. The van der Waals surface area contributed by atoms with Gasteiger partial charge >= 0.3 is 5.97 Å². The topological polar surface area (TPSA) is 66.8 Å². The number of hydrogen-bond donors (Lipinski definition) is 2. The van der Waals surface area contributed by atoms with Gasteiger partial charge < -0.3 is 14.9 Å². The number of carboxylic acids is 1. The zero-order valence-corrected chi connectivity index (χ0v) is 11.0. The van der Waals surface area contributed by atoms with Gasteiger partial charge in [-0.1, -0.05) is 6.07 Å². The summed E-state index contributed by atoms with van der Waals surface area (Å²) in [6.07, 6.45) is 1.45. The highest BCUT2D eigenvalue weighted by molar-refractivity contribution is 7.11. The summed E-state index contributed by atoms with van der Waals surface area (Å²) in [6.45, 7) is 0. The van der Waals surface area contributed by atoms with E-state index in [1.165, 1.54) is 30.6 Å². The molecule has 0 radical (unpaired) electrons. The van der Waals surface area contributed by atoms with Gasteiger partial charge in [-0.15, -0.1) is 11.3 Å². The van der Waals surface area contributed by atoms with Crippen molar-refractivity contribution in [3.63, 3.8) is 0 Å². The summed E-state index contributed by atoms with van der Waals surface area (Å²) in [6, 6.07) is 8.24. The molecule has 0 spiro atoms. The maximum atomic E-state index is 11.3. The number of benzene rings is 1. The van der Waals surface area contributed by atoms with Gasteiger partial charge in [0, 0.05) is 16.5 Å². The normalized spacial score (nSPS) is 11.3. The molecule has 0 aliphatic rings. The molecule has 98 valence electrons. The molecule has 2 aromatic rings. The summed E-state index contributed by atoms with van der Waals surface area (Å²) in [4.78, 5) is 11.9. The van der Waals surface area contributed by atoms with Gasteiger partial charge in [-0.3, -0.25) is 0 Å². The van der Waals surface area contributed by atoms with Crippen molar-refractivity contribution in [2.75, 3.05) is 7.11 Å². The first-order chi connectivity index (χ1) is 9.11. The zero-order valence-electron chi connectivity index (χ0n) is 10.2. The predicted molar refractivity (Wildman–Crippen MR) is 74.5 cm³/mol. The van der Waals surface area contributed by atoms with Gasteiger partial charge in [-0.05, 0) is 29.7 Å². The molecule has 1 aromatic heterocycles. The number of phenols is 1. The Balaban J connectivity index is 2.45. The fraction of sp³-hybridized carbons (Fsp3) is 0.0714. The minimum absolute atomic E-state index is 0.0188. The molecule has 1 heterocycles. The predicted octanol–water partition coefficient (Wildman–Crippen LogP) is 3.09. The van der Waals surface area contributed by atoms with Gasteiger partial charge in [-0.2, -0.15) is 0 Å². The number of rotatable bonds is 4. The van der Waals surface area contributed by atoms with Gasteiger partial charge in [0.2, 0.25) is 0 Å². The second kappa shape index (κ2) is 5.58. The van der Waals surface area contributed by atoms with E-state index < -0.39 is 5.97 Å². The molecule has 0 fully saturated rings. The Kier molecular flexibility index (Phi) is 3.87. The van der Waals surface area contributed by atoms with E-state index in [4.69, 9.17) is 4.74 Å². The number of hydrogen-bond acceptors (Lipinski definition) is 4. The highest BCUT2D eigenvalue weighted by Gasteiger charge is 2.12. The molecule has 0 saturated heterocycles. The molecule has 0 aliphatic carbocycles.